The number of carbonyl (C=O) groups excluding carboxylic acids is 1. The molecule has 3 saturated heterocycles. The molecule has 5 fully saturated rings. The lowest BCUT2D eigenvalue weighted by Gasteiger charge is -2.53. The highest BCUT2D eigenvalue weighted by Gasteiger charge is 2.47. The SMILES string of the molecule is O=C(NS(=O)(=O)c1ccc(NCC2CCOCC2)c([N+](=O)[O-])c1)c1ccc(N2CCC3(CC2)CC(CN2CCC[C@H]2c2ccccc2C2CC2)C3)cc1Oc1cnc2[nH]ccc2c1. The lowest BCUT2D eigenvalue weighted by molar-refractivity contribution is -0.384. The van der Waals surface area contributed by atoms with Gasteiger partial charge in [0.15, 0.2) is 0 Å². The van der Waals surface area contributed by atoms with Crippen LogP contribution in [0.5, 0.6) is 11.5 Å². The second-order valence-electron chi connectivity index (χ2n) is 18.5. The maximum Gasteiger partial charge on any atom is 0.293 e. The predicted octanol–water partition coefficient (Wildman–Crippen LogP) is 8.93. The van der Waals surface area contributed by atoms with E-state index < -0.39 is 31.4 Å². The van der Waals surface area contributed by atoms with Crippen LogP contribution in [-0.2, 0) is 14.8 Å². The summed E-state index contributed by atoms with van der Waals surface area (Å²) in [7, 11) is -4.53. The average Bonchev–Trinajstić information content (AvgIpc) is 3.85. The molecule has 63 heavy (non-hydrogen) atoms. The first-order chi connectivity index (χ1) is 30.6. The third-order valence-corrected chi connectivity index (χ3v) is 15.6. The first-order valence-electron chi connectivity index (χ1n) is 22.6. The summed E-state index contributed by atoms with van der Waals surface area (Å²) in [6.07, 6.45) is 14.8. The number of aromatic nitrogens is 2. The molecule has 330 valence electrons. The number of likely N-dealkylation sites (tertiary alicyclic amines) is 1. The molecular weight excluding hydrogens is 819 g/mol. The Morgan fingerprint density at radius 2 is 1.73 bits per heavy atom. The molecule has 1 atom stereocenters. The van der Waals surface area contributed by atoms with Gasteiger partial charge < -0.3 is 24.7 Å². The number of carbonyl (C=O) groups is 1. The average molecular weight is 874 g/mol. The van der Waals surface area contributed by atoms with Crippen molar-refractivity contribution in [2.24, 2.45) is 17.3 Å². The second-order valence-corrected chi connectivity index (χ2v) is 20.2. The molecular formula is C48H55N7O7S. The van der Waals surface area contributed by atoms with Crippen LogP contribution in [0.25, 0.3) is 11.0 Å². The molecule has 3 aromatic carbocycles. The minimum absolute atomic E-state index is 0.00368. The van der Waals surface area contributed by atoms with Crippen molar-refractivity contribution in [1.82, 2.24) is 19.6 Å². The molecule has 0 bridgehead atoms. The maximum atomic E-state index is 13.9. The van der Waals surface area contributed by atoms with Crippen molar-refractivity contribution in [3.05, 3.63) is 112 Å². The van der Waals surface area contributed by atoms with E-state index in [4.69, 9.17) is 9.47 Å². The Morgan fingerprint density at radius 1 is 0.937 bits per heavy atom. The Balaban J connectivity index is 0.821. The molecule has 14 nitrogen and oxygen atoms in total. The van der Waals surface area contributed by atoms with E-state index in [1.165, 1.54) is 63.7 Å². The normalized spacial score (nSPS) is 20.8. The van der Waals surface area contributed by atoms with Gasteiger partial charge >= 0.3 is 0 Å². The smallest absolute Gasteiger partial charge is 0.293 e. The van der Waals surface area contributed by atoms with Gasteiger partial charge in [-0.05, 0) is 141 Å². The molecule has 3 aliphatic heterocycles. The number of nitrogens with zero attached hydrogens (tertiary/aromatic N) is 4. The Bertz CT molecular complexity index is 2610. The van der Waals surface area contributed by atoms with Crippen LogP contribution in [0.15, 0.2) is 90.1 Å². The number of nitro groups is 1. The molecule has 1 amide bonds. The quantitative estimate of drug-likeness (QED) is 0.0719. The van der Waals surface area contributed by atoms with Crippen LogP contribution in [0.3, 0.4) is 0 Å². The first kappa shape index (κ1) is 41.5. The van der Waals surface area contributed by atoms with E-state index >= 15 is 0 Å². The van der Waals surface area contributed by atoms with Gasteiger partial charge in [0.25, 0.3) is 21.6 Å². The van der Waals surface area contributed by atoms with Crippen molar-refractivity contribution in [3.8, 4) is 11.5 Å². The summed E-state index contributed by atoms with van der Waals surface area (Å²) in [4.78, 5) is 37.6. The van der Waals surface area contributed by atoms with Crippen LogP contribution in [0.1, 0.15) is 97.7 Å². The third-order valence-electron chi connectivity index (χ3n) is 14.3. The number of nitrogens with one attached hydrogen (secondary N) is 3. The maximum absolute atomic E-state index is 13.9. The van der Waals surface area contributed by atoms with Gasteiger partial charge in [0.2, 0.25) is 0 Å². The molecule has 5 aromatic rings. The van der Waals surface area contributed by atoms with Gasteiger partial charge in [-0.25, -0.2) is 18.1 Å². The molecule has 2 saturated carbocycles. The molecule has 10 rings (SSSR count). The number of benzene rings is 3. The van der Waals surface area contributed by atoms with Gasteiger partial charge in [0.1, 0.15) is 22.8 Å². The molecule has 0 radical (unpaired) electrons. The van der Waals surface area contributed by atoms with Crippen molar-refractivity contribution in [2.45, 2.75) is 81.1 Å². The summed E-state index contributed by atoms with van der Waals surface area (Å²) in [6, 6.07) is 22.2. The lowest BCUT2D eigenvalue weighted by atomic mass is 9.57. The van der Waals surface area contributed by atoms with Crippen LogP contribution in [0.2, 0.25) is 0 Å². The Morgan fingerprint density at radius 3 is 2.51 bits per heavy atom. The van der Waals surface area contributed by atoms with Gasteiger partial charge in [-0.2, -0.15) is 0 Å². The minimum atomic E-state index is -4.53. The Labute approximate surface area is 367 Å². The van der Waals surface area contributed by atoms with E-state index in [0.717, 1.165) is 61.8 Å². The van der Waals surface area contributed by atoms with Gasteiger partial charge in [0.05, 0.1) is 21.6 Å². The van der Waals surface area contributed by atoms with Crippen LogP contribution in [0, 0.1) is 27.4 Å². The molecule has 15 heteroatoms. The van der Waals surface area contributed by atoms with E-state index in [-0.39, 0.29) is 22.9 Å². The number of rotatable bonds is 14. The fourth-order valence-electron chi connectivity index (χ4n) is 10.8. The van der Waals surface area contributed by atoms with Crippen molar-refractivity contribution in [2.75, 3.05) is 56.2 Å². The van der Waals surface area contributed by atoms with Crippen molar-refractivity contribution in [1.29, 1.82) is 0 Å². The lowest BCUT2D eigenvalue weighted by Crippen LogP contribution is -2.49. The van der Waals surface area contributed by atoms with Crippen molar-refractivity contribution in [3.63, 3.8) is 0 Å². The van der Waals surface area contributed by atoms with Gasteiger partial charge in [-0.15, -0.1) is 0 Å². The van der Waals surface area contributed by atoms with Crippen molar-refractivity contribution < 1.29 is 27.6 Å². The Kier molecular flexibility index (Phi) is 11.3. The molecule has 5 aliphatic rings. The van der Waals surface area contributed by atoms with Crippen molar-refractivity contribution >= 4 is 44.0 Å². The zero-order chi connectivity index (χ0) is 43.1. The number of pyridine rings is 1. The van der Waals surface area contributed by atoms with Crippen LogP contribution < -0.4 is 19.7 Å². The first-order valence-corrected chi connectivity index (χ1v) is 24.1. The number of amides is 1. The molecule has 1 spiro atoms. The molecule has 2 aliphatic carbocycles. The van der Waals surface area contributed by atoms with Crippen LogP contribution in [-0.4, -0.2) is 80.1 Å². The number of piperidine rings is 1. The number of hydrogen-bond donors (Lipinski definition) is 3. The highest BCUT2D eigenvalue weighted by atomic mass is 32.2. The van der Waals surface area contributed by atoms with Crippen LogP contribution in [0.4, 0.5) is 17.1 Å². The predicted molar refractivity (Wildman–Crippen MR) is 241 cm³/mol. The topological polar surface area (TPSA) is 172 Å². The van der Waals surface area contributed by atoms with E-state index in [1.54, 1.807) is 41.7 Å². The zero-order valence-corrected chi connectivity index (χ0v) is 36.3. The number of fused-ring (bicyclic) bond motifs is 1. The summed E-state index contributed by atoms with van der Waals surface area (Å²) >= 11 is 0. The Hall–Kier alpha value is -5.51. The summed E-state index contributed by atoms with van der Waals surface area (Å²) in [5.74, 6) is 1.38. The number of hydrogen-bond acceptors (Lipinski definition) is 11. The fraction of sp³-hybridized carbons (Fsp3) is 0.458. The van der Waals surface area contributed by atoms with E-state index in [0.29, 0.717) is 48.5 Å². The number of H-pyrrole nitrogens is 1. The summed E-state index contributed by atoms with van der Waals surface area (Å²) in [6.45, 7) is 5.85. The van der Waals surface area contributed by atoms with E-state index in [2.05, 4.69) is 54.1 Å². The molecule has 0 unspecified atom stereocenters. The molecule has 5 heterocycles. The summed E-state index contributed by atoms with van der Waals surface area (Å²) in [5, 5.41) is 16.0. The second kappa shape index (κ2) is 17.2. The number of anilines is 2. The summed E-state index contributed by atoms with van der Waals surface area (Å²) in [5.41, 5.74) is 4.86. The fourth-order valence-corrected chi connectivity index (χ4v) is 11.7. The van der Waals surface area contributed by atoms with Crippen LogP contribution >= 0.6 is 0 Å². The third kappa shape index (κ3) is 8.87. The molecule has 2 aromatic heterocycles. The number of aromatic amines is 1. The van der Waals surface area contributed by atoms with Gasteiger partial charge in [-0.3, -0.25) is 19.8 Å². The van der Waals surface area contributed by atoms with Gasteiger partial charge in [-0.1, -0.05) is 24.3 Å². The monoisotopic (exact) mass is 873 g/mol. The number of sulfonamides is 1. The highest BCUT2D eigenvalue weighted by molar-refractivity contribution is 7.90. The van der Waals surface area contributed by atoms with E-state index in [9.17, 15) is 23.3 Å². The zero-order valence-electron chi connectivity index (χ0n) is 35.5. The number of ether oxygens (including phenoxy) is 2. The highest BCUT2D eigenvalue weighted by Crippen LogP contribution is 2.54. The van der Waals surface area contributed by atoms with E-state index in [1.807, 2.05) is 12.1 Å². The van der Waals surface area contributed by atoms with Gasteiger partial charge in [0, 0.05) is 74.8 Å². The summed E-state index contributed by atoms with van der Waals surface area (Å²) < 4.78 is 41.3. The largest absolute Gasteiger partial charge is 0.455 e. The standard InChI is InChI=1S/C48H55N7O7S/c56-47(52-63(59,60)38-10-12-42(44(26-38)55(57)58)50-29-32-14-22-61-23-15-32)41-11-9-36(25-45(41)62-37-24-35-13-18-49-46(35)51-30-37)53-20-16-48(17-21-53)27-33(28-48)31-54-19-3-6-43(54)40-5-2-1-4-39(40)34-7-8-34/h1-2,4-5,9-13,18,24-26,30,32-34,43,50H,3,6-8,14-17,19-23,27-29,31H2,(H,49,51)(H,52,56)/t43-/m0/s1. The minimum Gasteiger partial charge on any atom is -0.455 e. The number of nitro benzene ring substituents is 1. The molecule has 3 N–H and O–H groups in total.